The average molecular weight is 285 g/mol. The Bertz CT molecular complexity index is 409. The number of hydrogen-bond donors (Lipinski definition) is 2. The highest BCUT2D eigenvalue weighted by atomic mass is 32.2. The molecule has 3 nitrogen and oxygen atoms in total. The SMILES string of the molecule is CC1(C(=O)NCC(C)(O)c2cccs2)CCCS1. The molecule has 0 aromatic carbocycles. The molecule has 0 radical (unpaired) electrons. The van der Waals surface area contributed by atoms with E-state index in [9.17, 15) is 9.90 Å². The molecule has 2 N–H and O–H groups in total. The minimum absolute atomic E-state index is 0.0434. The lowest BCUT2D eigenvalue weighted by Gasteiger charge is -2.26. The Morgan fingerprint density at radius 3 is 3.00 bits per heavy atom. The molecule has 1 aliphatic heterocycles. The maximum atomic E-state index is 12.1. The molecule has 18 heavy (non-hydrogen) atoms. The number of aliphatic hydroxyl groups is 1. The zero-order chi connectivity index (χ0) is 13.2. The second kappa shape index (κ2) is 5.23. The lowest BCUT2D eigenvalue weighted by Crippen LogP contribution is -2.45. The third-order valence-corrected chi connectivity index (χ3v) is 5.99. The van der Waals surface area contributed by atoms with E-state index in [-0.39, 0.29) is 17.2 Å². The fourth-order valence-electron chi connectivity index (χ4n) is 2.07. The van der Waals surface area contributed by atoms with Gasteiger partial charge in [-0.1, -0.05) is 6.07 Å². The Morgan fingerprint density at radius 2 is 2.44 bits per heavy atom. The summed E-state index contributed by atoms with van der Waals surface area (Å²) in [6.07, 6.45) is 2.01. The molecule has 1 fully saturated rings. The highest BCUT2D eigenvalue weighted by Crippen LogP contribution is 2.38. The van der Waals surface area contributed by atoms with Gasteiger partial charge in [-0.2, -0.15) is 0 Å². The van der Waals surface area contributed by atoms with E-state index in [1.165, 1.54) is 11.3 Å². The first kappa shape index (κ1) is 13.9. The lowest BCUT2D eigenvalue weighted by molar-refractivity contribution is -0.124. The van der Waals surface area contributed by atoms with Crippen LogP contribution in [0.5, 0.6) is 0 Å². The van der Waals surface area contributed by atoms with Crippen LogP contribution in [0.4, 0.5) is 0 Å². The zero-order valence-corrected chi connectivity index (χ0v) is 12.4. The van der Waals surface area contributed by atoms with E-state index < -0.39 is 5.60 Å². The number of carbonyl (C=O) groups excluding carboxylic acids is 1. The van der Waals surface area contributed by atoms with Crippen LogP contribution >= 0.6 is 23.1 Å². The first-order chi connectivity index (χ1) is 8.44. The predicted octanol–water partition coefficient (Wildman–Crippen LogP) is 2.36. The molecule has 0 aliphatic carbocycles. The van der Waals surface area contributed by atoms with E-state index in [0.29, 0.717) is 0 Å². The van der Waals surface area contributed by atoms with Crippen LogP contribution in [-0.2, 0) is 10.4 Å². The highest BCUT2D eigenvalue weighted by molar-refractivity contribution is 8.01. The van der Waals surface area contributed by atoms with Gasteiger partial charge in [0, 0.05) is 4.88 Å². The topological polar surface area (TPSA) is 49.3 Å². The number of carbonyl (C=O) groups is 1. The maximum Gasteiger partial charge on any atom is 0.236 e. The molecule has 1 saturated heterocycles. The van der Waals surface area contributed by atoms with Crippen LogP contribution in [0.2, 0.25) is 0 Å². The summed E-state index contributed by atoms with van der Waals surface area (Å²) in [4.78, 5) is 13.0. The fourth-order valence-corrected chi connectivity index (χ4v) is 4.09. The molecular weight excluding hydrogens is 266 g/mol. The molecule has 100 valence electrons. The molecule has 1 aromatic rings. The fraction of sp³-hybridized carbons (Fsp3) is 0.615. The van der Waals surface area contributed by atoms with Crippen molar-refractivity contribution in [1.29, 1.82) is 0 Å². The van der Waals surface area contributed by atoms with E-state index in [4.69, 9.17) is 0 Å². The molecular formula is C13H19NO2S2. The molecule has 1 amide bonds. The molecule has 0 spiro atoms. The van der Waals surface area contributed by atoms with Crippen molar-refractivity contribution in [3.05, 3.63) is 22.4 Å². The highest BCUT2D eigenvalue weighted by Gasteiger charge is 2.38. The van der Waals surface area contributed by atoms with Crippen molar-refractivity contribution in [1.82, 2.24) is 5.32 Å². The van der Waals surface area contributed by atoms with Crippen molar-refractivity contribution < 1.29 is 9.90 Å². The Labute approximate surface area is 116 Å². The summed E-state index contributed by atoms with van der Waals surface area (Å²) < 4.78 is -0.314. The van der Waals surface area contributed by atoms with Crippen LogP contribution in [0, 0.1) is 0 Å². The minimum atomic E-state index is -0.983. The molecule has 5 heteroatoms. The largest absolute Gasteiger partial charge is 0.383 e. The van der Waals surface area contributed by atoms with Gasteiger partial charge < -0.3 is 10.4 Å². The maximum absolute atomic E-state index is 12.1. The Kier molecular flexibility index (Phi) is 4.04. The van der Waals surface area contributed by atoms with Crippen molar-refractivity contribution in [3.8, 4) is 0 Å². The summed E-state index contributed by atoms with van der Waals surface area (Å²) in [6.45, 7) is 3.99. The third-order valence-electron chi connectivity index (χ3n) is 3.34. The molecule has 2 heterocycles. The number of rotatable bonds is 4. The predicted molar refractivity (Wildman–Crippen MR) is 77.0 cm³/mol. The first-order valence-corrected chi connectivity index (χ1v) is 7.99. The quantitative estimate of drug-likeness (QED) is 0.893. The Balaban J connectivity index is 1.93. The van der Waals surface area contributed by atoms with Crippen LogP contribution in [0.15, 0.2) is 17.5 Å². The molecule has 2 rings (SSSR count). The number of thiophene rings is 1. The number of thioether (sulfide) groups is 1. The standard InChI is InChI=1S/C13H19NO2S2/c1-12(16,10-5-3-7-17-10)9-14-11(15)13(2)6-4-8-18-13/h3,5,7,16H,4,6,8-9H2,1-2H3,(H,14,15). The van der Waals surface area contributed by atoms with Gasteiger partial charge in [-0.25, -0.2) is 0 Å². The number of hydrogen-bond acceptors (Lipinski definition) is 4. The van der Waals surface area contributed by atoms with Gasteiger partial charge in [0.2, 0.25) is 5.91 Å². The van der Waals surface area contributed by atoms with Crippen LogP contribution < -0.4 is 5.32 Å². The Morgan fingerprint density at radius 1 is 1.67 bits per heavy atom. The number of amides is 1. The third kappa shape index (κ3) is 2.90. The molecule has 0 bridgehead atoms. The van der Waals surface area contributed by atoms with Gasteiger partial charge in [-0.3, -0.25) is 4.79 Å². The van der Waals surface area contributed by atoms with Crippen molar-refractivity contribution in [2.24, 2.45) is 0 Å². The second-order valence-electron chi connectivity index (χ2n) is 5.12. The van der Waals surface area contributed by atoms with Gasteiger partial charge in [0.25, 0.3) is 0 Å². The minimum Gasteiger partial charge on any atom is -0.383 e. The summed E-state index contributed by atoms with van der Waals surface area (Å²) in [7, 11) is 0. The molecule has 1 aliphatic rings. The normalized spacial score (nSPS) is 26.8. The second-order valence-corrected chi connectivity index (χ2v) is 7.66. The number of nitrogens with one attached hydrogen (secondary N) is 1. The van der Waals surface area contributed by atoms with Crippen LogP contribution in [0.1, 0.15) is 31.6 Å². The van der Waals surface area contributed by atoms with E-state index in [2.05, 4.69) is 5.32 Å². The van der Waals surface area contributed by atoms with E-state index in [1.807, 2.05) is 24.4 Å². The van der Waals surface area contributed by atoms with E-state index in [1.54, 1.807) is 18.7 Å². The van der Waals surface area contributed by atoms with E-state index in [0.717, 1.165) is 23.5 Å². The first-order valence-electron chi connectivity index (χ1n) is 6.13. The summed E-state index contributed by atoms with van der Waals surface area (Å²) in [5.74, 6) is 1.09. The summed E-state index contributed by atoms with van der Waals surface area (Å²) in [5.41, 5.74) is -0.983. The van der Waals surface area contributed by atoms with Crippen molar-refractivity contribution >= 4 is 29.0 Å². The Hall–Kier alpha value is -0.520. The van der Waals surface area contributed by atoms with Crippen molar-refractivity contribution in [2.45, 2.75) is 37.0 Å². The lowest BCUT2D eigenvalue weighted by atomic mass is 10.0. The van der Waals surface area contributed by atoms with Crippen LogP contribution in [0.25, 0.3) is 0 Å². The average Bonchev–Trinajstić information content (AvgIpc) is 2.97. The van der Waals surface area contributed by atoms with Crippen molar-refractivity contribution in [2.75, 3.05) is 12.3 Å². The molecule has 2 atom stereocenters. The smallest absolute Gasteiger partial charge is 0.236 e. The molecule has 1 aromatic heterocycles. The van der Waals surface area contributed by atoms with Gasteiger partial charge in [-0.15, -0.1) is 23.1 Å². The van der Waals surface area contributed by atoms with Gasteiger partial charge in [-0.05, 0) is 43.9 Å². The van der Waals surface area contributed by atoms with Gasteiger partial charge >= 0.3 is 0 Å². The van der Waals surface area contributed by atoms with Crippen LogP contribution in [0.3, 0.4) is 0 Å². The zero-order valence-electron chi connectivity index (χ0n) is 10.7. The van der Waals surface area contributed by atoms with Crippen LogP contribution in [-0.4, -0.2) is 28.1 Å². The van der Waals surface area contributed by atoms with Gasteiger partial charge in [0.15, 0.2) is 0 Å². The van der Waals surface area contributed by atoms with Gasteiger partial charge in [0.05, 0.1) is 11.3 Å². The van der Waals surface area contributed by atoms with Crippen molar-refractivity contribution in [3.63, 3.8) is 0 Å². The van der Waals surface area contributed by atoms with Gasteiger partial charge in [0.1, 0.15) is 5.60 Å². The summed E-state index contributed by atoms with van der Waals surface area (Å²) in [5, 5.41) is 15.2. The molecule has 0 saturated carbocycles. The summed E-state index contributed by atoms with van der Waals surface area (Å²) >= 11 is 3.22. The van der Waals surface area contributed by atoms with E-state index >= 15 is 0 Å². The summed E-state index contributed by atoms with van der Waals surface area (Å²) in [6, 6.07) is 3.80. The monoisotopic (exact) mass is 285 g/mol. The molecule has 2 unspecified atom stereocenters.